The summed E-state index contributed by atoms with van der Waals surface area (Å²) >= 11 is 11.2. The highest BCUT2D eigenvalue weighted by Gasteiger charge is 2.23. The van der Waals surface area contributed by atoms with Crippen molar-refractivity contribution in [3.8, 4) is 0 Å². The minimum absolute atomic E-state index is 0.208. The van der Waals surface area contributed by atoms with Crippen LogP contribution in [-0.2, 0) is 4.74 Å². The predicted octanol–water partition coefficient (Wildman–Crippen LogP) is 3.66. The number of hydrogen-bond donors (Lipinski definition) is 1. The van der Waals surface area contributed by atoms with E-state index in [1.54, 1.807) is 11.3 Å². The van der Waals surface area contributed by atoms with Crippen LogP contribution in [-0.4, -0.2) is 37.7 Å². The topological polar surface area (TPSA) is 38.5 Å². The Morgan fingerprint density at radius 1 is 1.63 bits per heavy atom. The maximum Gasteiger partial charge on any atom is 0.107 e. The lowest BCUT2D eigenvalue weighted by molar-refractivity contribution is -0.00755. The molecule has 2 heterocycles. The van der Waals surface area contributed by atoms with E-state index in [0.717, 1.165) is 28.4 Å². The monoisotopic (exact) mass is 366 g/mol. The number of likely N-dealkylation sites (N-methyl/N-ethyl adjacent to an activating group) is 1. The molecule has 0 amide bonds. The molecule has 0 radical (unpaired) electrons. The van der Waals surface area contributed by atoms with Crippen molar-refractivity contribution in [3.05, 3.63) is 19.8 Å². The van der Waals surface area contributed by atoms with E-state index in [4.69, 9.17) is 22.1 Å². The molecule has 108 valence electrons. The number of rotatable bonds is 5. The second kappa shape index (κ2) is 7.38. The Morgan fingerprint density at radius 3 is 2.95 bits per heavy atom. The van der Waals surface area contributed by atoms with E-state index in [2.05, 4.69) is 33.9 Å². The summed E-state index contributed by atoms with van der Waals surface area (Å²) in [6, 6.07) is 2.28. The summed E-state index contributed by atoms with van der Waals surface area (Å²) in [5.74, 6) is 0. The lowest BCUT2D eigenvalue weighted by Gasteiger charge is -2.31. The highest BCUT2D eigenvalue weighted by atomic mass is 79.9. The lowest BCUT2D eigenvalue weighted by atomic mass is 10.1. The van der Waals surface area contributed by atoms with Gasteiger partial charge in [-0.25, -0.2) is 0 Å². The molecule has 0 saturated carbocycles. The predicted molar refractivity (Wildman–Crippen MR) is 85.0 cm³/mol. The number of nitrogens with zero attached hydrogens (tertiary/aromatic N) is 1. The highest BCUT2D eigenvalue weighted by Crippen LogP contribution is 2.36. The number of thiophene rings is 1. The van der Waals surface area contributed by atoms with Crippen molar-refractivity contribution in [2.45, 2.75) is 31.4 Å². The molecular weight excluding hydrogens is 348 g/mol. The van der Waals surface area contributed by atoms with E-state index in [-0.39, 0.29) is 6.04 Å². The number of halogens is 2. The molecule has 2 N–H and O–H groups in total. The highest BCUT2D eigenvalue weighted by molar-refractivity contribution is 9.10. The van der Waals surface area contributed by atoms with Crippen LogP contribution in [0.25, 0.3) is 0 Å². The normalized spacial score (nSPS) is 21.8. The molecule has 1 aliphatic heterocycles. The Bertz CT molecular complexity index is 390. The molecule has 19 heavy (non-hydrogen) atoms. The first-order chi connectivity index (χ1) is 9.11. The van der Waals surface area contributed by atoms with Crippen molar-refractivity contribution in [1.29, 1.82) is 0 Å². The fraction of sp³-hybridized carbons (Fsp3) is 0.692. The van der Waals surface area contributed by atoms with Gasteiger partial charge in [0.05, 0.1) is 12.1 Å². The van der Waals surface area contributed by atoms with Crippen LogP contribution in [0.4, 0.5) is 0 Å². The summed E-state index contributed by atoms with van der Waals surface area (Å²) in [7, 11) is 2.11. The maximum absolute atomic E-state index is 6.11. The first-order valence-corrected chi connectivity index (χ1v) is 8.57. The molecule has 2 rings (SSSR count). The van der Waals surface area contributed by atoms with E-state index < -0.39 is 0 Å². The van der Waals surface area contributed by atoms with Crippen LogP contribution in [0.1, 0.15) is 30.2 Å². The van der Waals surface area contributed by atoms with E-state index in [0.29, 0.717) is 12.6 Å². The third-order valence-corrected chi connectivity index (χ3v) is 6.09. The van der Waals surface area contributed by atoms with Gasteiger partial charge < -0.3 is 10.5 Å². The molecule has 1 aromatic rings. The maximum atomic E-state index is 6.11. The average Bonchev–Trinajstić information content (AvgIpc) is 2.71. The molecule has 0 bridgehead atoms. The Kier molecular flexibility index (Phi) is 6.11. The summed E-state index contributed by atoms with van der Waals surface area (Å²) in [4.78, 5) is 3.49. The van der Waals surface area contributed by atoms with Crippen molar-refractivity contribution < 1.29 is 4.74 Å². The summed E-state index contributed by atoms with van der Waals surface area (Å²) in [5, 5.41) is 0. The minimum Gasteiger partial charge on any atom is -0.377 e. The Morgan fingerprint density at radius 2 is 2.42 bits per heavy atom. The van der Waals surface area contributed by atoms with Crippen molar-refractivity contribution in [2.75, 3.05) is 26.7 Å². The first kappa shape index (κ1) is 15.7. The van der Waals surface area contributed by atoms with Crippen LogP contribution < -0.4 is 5.73 Å². The molecule has 1 aliphatic rings. The fourth-order valence-corrected chi connectivity index (χ4v) is 4.36. The van der Waals surface area contributed by atoms with Crippen LogP contribution in [0.2, 0.25) is 4.34 Å². The van der Waals surface area contributed by atoms with Crippen LogP contribution in [0.3, 0.4) is 0 Å². The van der Waals surface area contributed by atoms with Crippen LogP contribution in [0, 0.1) is 0 Å². The quantitative estimate of drug-likeness (QED) is 0.863. The average molecular weight is 368 g/mol. The van der Waals surface area contributed by atoms with Gasteiger partial charge in [0.2, 0.25) is 0 Å². The summed E-state index contributed by atoms with van der Waals surface area (Å²) in [5.41, 5.74) is 5.94. The molecule has 1 fully saturated rings. The summed E-state index contributed by atoms with van der Waals surface area (Å²) in [6.07, 6.45) is 3.94. The molecule has 0 aliphatic carbocycles. The lowest BCUT2D eigenvalue weighted by Crippen LogP contribution is -2.38. The van der Waals surface area contributed by atoms with Gasteiger partial charge in [-0.15, -0.1) is 11.3 Å². The van der Waals surface area contributed by atoms with Gasteiger partial charge >= 0.3 is 0 Å². The third kappa shape index (κ3) is 4.16. The fourth-order valence-electron chi connectivity index (χ4n) is 2.44. The smallest absolute Gasteiger partial charge is 0.107 e. The van der Waals surface area contributed by atoms with Crippen LogP contribution in [0.5, 0.6) is 0 Å². The first-order valence-electron chi connectivity index (χ1n) is 6.58. The van der Waals surface area contributed by atoms with E-state index in [9.17, 15) is 0 Å². The Balaban J connectivity index is 1.99. The zero-order valence-electron chi connectivity index (χ0n) is 11.1. The molecule has 2 unspecified atom stereocenters. The van der Waals surface area contributed by atoms with E-state index in [1.807, 2.05) is 0 Å². The van der Waals surface area contributed by atoms with Crippen LogP contribution >= 0.6 is 38.9 Å². The van der Waals surface area contributed by atoms with Crippen molar-refractivity contribution in [3.63, 3.8) is 0 Å². The molecular formula is C13H20BrClN2OS. The minimum atomic E-state index is 0.208. The third-order valence-electron chi connectivity index (χ3n) is 3.51. The van der Waals surface area contributed by atoms with Crippen LogP contribution in [0.15, 0.2) is 10.5 Å². The molecule has 3 nitrogen and oxygen atoms in total. The van der Waals surface area contributed by atoms with Gasteiger partial charge in [0.1, 0.15) is 4.34 Å². The van der Waals surface area contributed by atoms with Gasteiger partial charge in [0, 0.05) is 29.0 Å². The molecule has 0 spiro atoms. The zero-order valence-corrected chi connectivity index (χ0v) is 14.2. The number of nitrogens with two attached hydrogens (primary N) is 1. The second-order valence-electron chi connectivity index (χ2n) is 4.95. The Hall–Kier alpha value is 0.350. The summed E-state index contributed by atoms with van der Waals surface area (Å²) < 4.78 is 7.54. The van der Waals surface area contributed by atoms with Gasteiger partial charge in [0.25, 0.3) is 0 Å². The van der Waals surface area contributed by atoms with Gasteiger partial charge in [-0.1, -0.05) is 11.6 Å². The van der Waals surface area contributed by atoms with Crippen molar-refractivity contribution >= 4 is 38.9 Å². The molecule has 1 aromatic heterocycles. The number of ether oxygens (including phenoxy) is 1. The van der Waals surface area contributed by atoms with Gasteiger partial charge in [-0.2, -0.15) is 0 Å². The molecule has 0 aromatic carbocycles. The van der Waals surface area contributed by atoms with Crippen molar-refractivity contribution in [1.82, 2.24) is 4.90 Å². The molecule has 6 heteroatoms. The molecule has 2 atom stereocenters. The largest absolute Gasteiger partial charge is 0.377 e. The standard InChI is InChI=1S/C13H20BrClN2OS/c1-17(8-9-4-2-3-5-18-9)11(7-16)12-6-10(14)13(15)19-12/h6,9,11H,2-5,7-8,16H2,1H3. The zero-order chi connectivity index (χ0) is 13.8. The van der Waals surface area contributed by atoms with Gasteiger partial charge in [0.15, 0.2) is 0 Å². The summed E-state index contributed by atoms with van der Waals surface area (Å²) in [6.45, 7) is 2.41. The number of hydrogen-bond acceptors (Lipinski definition) is 4. The van der Waals surface area contributed by atoms with Crippen molar-refractivity contribution in [2.24, 2.45) is 5.73 Å². The van der Waals surface area contributed by atoms with E-state index >= 15 is 0 Å². The Labute approximate surface area is 132 Å². The second-order valence-corrected chi connectivity index (χ2v) is 7.49. The van der Waals surface area contributed by atoms with Gasteiger partial charge in [-0.05, 0) is 48.3 Å². The van der Waals surface area contributed by atoms with Gasteiger partial charge in [-0.3, -0.25) is 4.90 Å². The molecule has 1 saturated heterocycles. The van der Waals surface area contributed by atoms with E-state index in [1.165, 1.54) is 17.7 Å². The SMILES string of the molecule is CN(CC1CCCCO1)C(CN)c1cc(Br)c(Cl)s1.